The monoisotopic (exact) mass is 325 g/mol. The van der Waals surface area contributed by atoms with Crippen LogP contribution in [0, 0.1) is 0 Å². The van der Waals surface area contributed by atoms with Crippen LogP contribution in [0.25, 0.3) is 0 Å². The van der Waals surface area contributed by atoms with Crippen LogP contribution in [0.4, 0.5) is 0 Å². The Kier molecular flexibility index (Phi) is 4.69. The second kappa shape index (κ2) is 6.27. The van der Waals surface area contributed by atoms with Gasteiger partial charge >= 0.3 is 0 Å². The average molecular weight is 327 g/mol. The molecule has 1 aromatic carbocycles. The first-order valence-corrected chi connectivity index (χ1v) is 6.75. The highest BCUT2D eigenvalue weighted by Crippen LogP contribution is 2.25. The van der Waals surface area contributed by atoms with E-state index in [1.807, 2.05) is 31.3 Å². The molecule has 0 aliphatic heterocycles. The lowest BCUT2D eigenvalue weighted by Crippen LogP contribution is -2.20. The summed E-state index contributed by atoms with van der Waals surface area (Å²) < 4.78 is 0.985. The Morgan fingerprint density at radius 2 is 2.22 bits per heavy atom. The Morgan fingerprint density at radius 1 is 1.39 bits per heavy atom. The number of halogens is 2. The van der Waals surface area contributed by atoms with Gasteiger partial charge in [-0.1, -0.05) is 33.6 Å². The van der Waals surface area contributed by atoms with Gasteiger partial charge in [0, 0.05) is 15.7 Å². The van der Waals surface area contributed by atoms with E-state index in [2.05, 4.69) is 31.2 Å². The van der Waals surface area contributed by atoms with E-state index in [9.17, 15) is 0 Å². The molecule has 0 aliphatic carbocycles. The molecule has 2 aromatic rings. The van der Waals surface area contributed by atoms with Crippen LogP contribution in [0.3, 0.4) is 0 Å². The summed E-state index contributed by atoms with van der Waals surface area (Å²) in [6.45, 7) is 0. The van der Waals surface area contributed by atoms with Gasteiger partial charge in [0.15, 0.2) is 0 Å². The zero-order chi connectivity index (χ0) is 13.0. The fourth-order valence-electron chi connectivity index (χ4n) is 1.77. The molecule has 0 spiro atoms. The number of hydrogen-bond acceptors (Lipinski definition) is 3. The summed E-state index contributed by atoms with van der Waals surface area (Å²) >= 11 is 9.63. The first-order valence-electron chi connectivity index (χ1n) is 5.58. The van der Waals surface area contributed by atoms with Gasteiger partial charge in [-0.05, 0) is 37.2 Å². The van der Waals surface area contributed by atoms with E-state index in [1.54, 1.807) is 12.5 Å². The van der Waals surface area contributed by atoms with E-state index in [4.69, 9.17) is 11.6 Å². The van der Waals surface area contributed by atoms with Gasteiger partial charge in [0.2, 0.25) is 0 Å². The van der Waals surface area contributed by atoms with Crippen molar-refractivity contribution in [3.63, 3.8) is 0 Å². The molecule has 18 heavy (non-hydrogen) atoms. The van der Waals surface area contributed by atoms with Gasteiger partial charge in [-0.3, -0.25) is 0 Å². The molecule has 1 unspecified atom stereocenters. The molecule has 1 aromatic heterocycles. The largest absolute Gasteiger partial charge is 0.311 e. The molecular formula is C13H13BrClN3. The highest BCUT2D eigenvalue weighted by atomic mass is 79.9. The van der Waals surface area contributed by atoms with Crippen molar-refractivity contribution in [3.8, 4) is 0 Å². The lowest BCUT2D eigenvalue weighted by atomic mass is 10.0. The topological polar surface area (TPSA) is 37.8 Å². The molecular weight excluding hydrogens is 314 g/mol. The second-order valence-corrected chi connectivity index (χ2v) is 5.24. The van der Waals surface area contributed by atoms with Gasteiger partial charge in [0.25, 0.3) is 0 Å². The summed E-state index contributed by atoms with van der Waals surface area (Å²) in [5, 5.41) is 4.01. The molecule has 94 valence electrons. The highest BCUT2D eigenvalue weighted by Gasteiger charge is 2.13. The quantitative estimate of drug-likeness (QED) is 0.936. The van der Waals surface area contributed by atoms with Crippen molar-refractivity contribution in [1.29, 1.82) is 0 Å². The molecule has 2 rings (SSSR count). The molecule has 1 atom stereocenters. The zero-order valence-electron chi connectivity index (χ0n) is 9.90. The lowest BCUT2D eigenvalue weighted by molar-refractivity contribution is 0.574. The molecule has 0 amide bonds. The van der Waals surface area contributed by atoms with Crippen molar-refractivity contribution >= 4 is 27.5 Å². The first kappa shape index (κ1) is 13.5. The summed E-state index contributed by atoms with van der Waals surface area (Å²) in [4.78, 5) is 8.19. The molecule has 0 fully saturated rings. The number of benzene rings is 1. The molecule has 0 bridgehead atoms. The van der Waals surface area contributed by atoms with Crippen molar-refractivity contribution in [2.75, 3.05) is 7.05 Å². The van der Waals surface area contributed by atoms with E-state index < -0.39 is 0 Å². The van der Waals surface area contributed by atoms with Gasteiger partial charge in [-0.25, -0.2) is 9.97 Å². The Balaban J connectivity index is 2.21. The minimum absolute atomic E-state index is 0.131. The number of nitrogens with one attached hydrogen (secondary N) is 1. The van der Waals surface area contributed by atoms with Crippen LogP contribution < -0.4 is 5.32 Å². The van der Waals surface area contributed by atoms with E-state index in [0.29, 0.717) is 0 Å². The summed E-state index contributed by atoms with van der Waals surface area (Å²) in [6, 6.07) is 7.97. The summed E-state index contributed by atoms with van der Waals surface area (Å²) in [5.74, 6) is 0. The van der Waals surface area contributed by atoms with Crippen LogP contribution in [0.2, 0.25) is 5.02 Å². The molecule has 0 aliphatic rings. The van der Waals surface area contributed by atoms with Gasteiger partial charge < -0.3 is 5.32 Å². The maximum atomic E-state index is 6.23. The summed E-state index contributed by atoms with van der Waals surface area (Å²) in [5.41, 5.74) is 2.06. The standard InChI is InChI=1S/C13H13BrClN3/c1-16-13(12-4-5-17-8-18-12)6-9-2-3-10(14)7-11(9)15/h2-5,7-8,13,16H,6H2,1H3. The van der Waals surface area contributed by atoms with Gasteiger partial charge in [0.05, 0.1) is 11.7 Å². The van der Waals surface area contributed by atoms with Gasteiger partial charge in [0.1, 0.15) is 6.33 Å². The number of hydrogen-bond donors (Lipinski definition) is 1. The minimum atomic E-state index is 0.131. The summed E-state index contributed by atoms with van der Waals surface area (Å²) in [6.07, 6.45) is 4.10. The van der Waals surface area contributed by atoms with E-state index in [1.165, 1.54) is 0 Å². The van der Waals surface area contributed by atoms with Crippen LogP contribution >= 0.6 is 27.5 Å². The van der Waals surface area contributed by atoms with Crippen molar-refractivity contribution < 1.29 is 0 Å². The third-order valence-electron chi connectivity index (χ3n) is 2.75. The van der Waals surface area contributed by atoms with Crippen molar-refractivity contribution in [1.82, 2.24) is 15.3 Å². The maximum Gasteiger partial charge on any atom is 0.115 e. The minimum Gasteiger partial charge on any atom is -0.311 e. The molecule has 0 saturated carbocycles. The van der Waals surface area contributed by atoms with Crippen LogP contribution in [0.5, 0.6) is 0 Å². The summed E-state index contributed by atoms with van der Waals surface area (Å²) in [7, 11) is 1.92. The van der Waals surface area contributed by atoms with Crippen LogP contribution in [0.1, 0.15) is 17.3 Å². The Hall–Kier alpha value is -0.970. The molecule has 1 heterocycles. The van der Waals surface area contributed by atoms with Crippen molar-refractivity contribution in [2.45, 2.75) is 12.5 Å². The highest BCUT2D eigenvalue weighted by molar-refractivity contribution is 9.10. The van der Waals surface area contributed by atoms with Crippen LogP contribution in [-0.4, -0.2) is 17.0 Å². The van der Waals surface area contributed by atoms with E-state index in [-0.39, 0.29) is 6.04 Å². The van der Waals surface area contributed by atoms with Crippen LogP contribution in [-0.2, 0) is 6.42 Å². The molecule has 0 saturated heterocycles. The fourth-order valence-corrected chi connectivity index (χ4v) is 2.52. The normalized spacial score (nSPS) is 12.4. The third-order valence-corrected chi connectivity index (χ3v) is 3.59. The van der Waals surface area contributed by atoms with Gasteiger partial charge in [-0.2, -0.15) is 0 Å². The predicted octanol–water partition coefficient (Wildman–Crippen LogP) is 3.40. The second-order valence-electron chi connectivity index (χ2n) is 3.92. The molecule has 0 radical (unpaired) electrons. The van der Waals surface area contributed by atoms with Gasteiger partial charge in [-0.15, -0.1) is 0 Å². The van der Waals surface area contributed by atoms with E-state index >= 15 is 0 Å². The van der Waals surface area contributed by atoms with E-state index in [0.717, 1.165) is 27.2 Å². The molecule has 3 nitrogen and oxygen atoms in total. The number of likely N-dealkylation sites (N-methyl/N-ethyl adjacent to an activating group) is 1. The number of nitrogens with zero attached hydrogens (tertiary/aromatic N) is 2. The van der Waals surface area contributed by atoms with Crippen molar-refractivity contribution in [2.24, 2.45) is 0 Å². The number of aromatic nitrogens is 2. The van der Waals surface area contributed by atoms with Crippen LogP contribution in [0.15, 0.2) is 41.3 Å². The fraction of sp³-hybridized carbons (Fsp3) is 0.231. The Morgan fingerprint density at radius 3 is 2.83 bits per heavy atom. The number of rotatable bonds is 4. The smallest absolute Gasteiger partial charge is 0.115 e. The average Bonchev–Trinajstić information content (AvgIpc) is 2.39. The first-order chi connectivity index (χ1) is 8.70. The third kappa shape index (κ3) is 3.28. The molecule has 5 heteroatoms. The Bertz CT molecular complexity index is 519. The maximum absolute atomic E-state index is 6.23. The zero-order valence-corrected chi connectivity index (χ0v) is 12.2. The van der Waals surface area contributed by atoms with Crippen molar-refractivity contribution in [3.05, 3.63) is 57.5 Å². The lowest BCUT2D eigenvalue weighted by Gasteiger charge is -2.16. The Labute approximate surface area is 120 Å². The predicted molar refractivity (Wildman–Crippen MR) is 76.7 cm³/mol. The SMILES string of the molecule is CNC(Cc1ccc(Br)cc1Cl)c1ccncn1. The molecule has 1 N–H and O–H groups in total.